The Labute approximate surface area is 123 Å². The summed E-state index contributed by atoms with van der Waals surface area (Å²) in [6.07, 6.45) is 3.17. The summed E-state index contributed by atoms with van der Waals surface area (Å²) in [6.45, 7) is 5.56. The Balaban J connectivity index is 2.24. The fourth-order valence-electron chi connectivity index (χ4n) is 2.33. The molecular formula is C15H18N2O2S. The van der Waals surface area contributed by atoms with Crippen LogP contribution < -0.4 is 0 Å². The highest BCUT2D eigenvalue weighted by Gasteiger charge is 2.27. The molecule has 0 saturated carbocycles. The number of carbonyl (C=O) groups is 1. The molecule has 2 atom stereocenters. The zero-order valence-electron chi connectivity index (χ0n) is 11.7. The number of hydrogen-bond donors (Lipinski definition) is 1. The molecule has 1 amide bonds. The minimum Gasteiger partial charge on any atom is -0.384 e. The molecule has 1 saturated heterocycles. The molecule has 20 heavy (non-hydrogen) atoms. The van der Waals surface area contributed by atoms with Crippen molar-refractivity contribution in [2.45, 2.75) is 24.3 Å². The fourth-order valence-corrected chi connectivity index (χ4v) is 3.65. The smallest absolute Gasteiger partial charge is 0.255 e. The number of aliphatic hydroxyl groups is 1. The summed E-state index contributed by atoms with van der Waals surface area (Å²) in [5.41, 5.74) is 1.14. The van der Waals surface area contributed by atoms with E-state index < -0.39 is 0 Å². The molecule has 1 aromatic rings. The van der Waals surface area contributed by atoms with Gasteiger partial charge in [-0.25, -0.2) is 0 Å². The summed E-state index contributed by atoms with van der Waals surface area (Å²) < 4.78 is 0. The summed E-state index contributed by atoms with van der Waals surface area (Å²) in [5, 5.41) is 9.67. The van der Waals surface area contributed by atoms with E-state index in [2.05, 4.69) is 30.7 Å². The second-order valence-corrected chi connectivity index (χ2v) is 6.73. The van der Waals surface area contributed by atoms with Crippen molar-refractivity contribution in [2.24, 2.45) is 0 Å². The maximum atomic E-state index is 12.6. The molecule has 5 heteroatoms. The van der Waals surface area contributed by atoms with Crippen molar-refractivity contribution in [1.29, 1.82) is 0 Å². The van der Waals surface area contributed by atoms with E-state index in [0.29, 0.717) is 21.6 Å². The first-order valence-corrected chi connectivity index (χ1v) is 7.54. The van der Waals surface area contributed by atoms with Crippen molar-refractivity contribution in [1.82, 2.24) is 9.88 Å². The average Bonchev–Trinajstić information content (AvgIpc) is 2.43. The topological polar surface area (TPSA) is 53.4 Å². The lowest BCUT2D eigenvalue weighted by atomic mass is 10.1. The second kappa shape index (κ2) is 6.78. The largest absolute Gasteiger partial charge is 0.384 e. The van der Waals surface area contributed by atoms with Gasteiger partial charge in [0.25, 0.3) is 5.91 Å². The van der Waals surface area contributed by atoms with Crippen molar-refractivity contribution in [3.05, 3.63) is 29.6 Å². The summed E-state index contributed by atoms with van der Waals surface area (Å²) in [6, 6.07) is 1.70. The Morgan fingerprint density at radius 2 is 2.20 bits per heavy atom. The SMILES string of the molecule is CC1CN(C(=O)c2ccncc2C#CCO)CC(C)S1. The molecule has 2 rings (SSSR count). The van der Waals surface area contributed by atoms with Crippen LogP contribution in [-0.4, -0.2) is 51.1 Å². The van der Waals surface area contributed by atoms with Gasteiger partial charge in [-0.3, -0.25) is 9.78 Å². The van der Waals surface area contributed by atoms with E-state index in [0.717, 1.165) is 13.1 Å². The number of hydrogen-bond acceptors (Lipinski definition) is 4. The Kier molecular flexibility index (Phi) is 5.05. The number of carbonyl (C=O) groups excluding carboxylic acids is 1. The predicted octanol–water partition coefficient (Wildman–Crippen LogP) is 1.39. The van der Waals surface area contributed by atoms with Gasteiger partial charge in [-0.2, -0.15) is 11.8 Å². The quantitative estimate of drug-likeness (QED) is 0.794. The second-order valence-electron chi connectivity index (χ2n) is 4.85. The van der Waals surface area contributed by atoms with Gasteiger partial charge in [0.2, 0.25) is 0 Å². The van der Waals surface area contributed by atoms with Crippen LogP contribution in [0.25, 0.3) is 0 Å². The standard InChI is InChI=1S/C15H18N2O2S/c1-11-9-17(10-12(2)20-11)15(19)14-5-6-16-8-13(14)4-3-7-18/h5-6,8,11-12,18H,7,9-10H2,1-2H3. The van der Waals surface area contributed by atoms with Crippen LogP contribution in [0.3, 0.4) is 0 Å². The van der Waals surface area contributed by atoms with Crippen LogP contribution in [0.15, 0.2) is 18.5 Å². The van der Waals surface area contributed by atoms with Crippen molar-refractivity contribution >= 4 is 17.7 Å². The molecule has 1 fully saturated rings. The highest BCUT2D eigenvalue weighted by atomic mass is 32.2. The van der Waals surface area contributed by atoms with Gasteiger partial charge >= 0.3 is 0 Å². The van der Waals surface area contributed by atoms with Crippen LogP contribution in [0.5, 0.6) is 0 Å². The Bertz CT molecular complexity index is 540. The van der Waals surface area contributed by atoms with E-state index in [1.54, 1.807) is 18.5 Å². The van der Waals surface area contributed by atoms with E-state index in [4.69, 9.17) is 5.11 Å². The molecular weight excluding hydrogens is 272 g/mol. The third-order valence-corrected chi connectivity index (χ3v) is 4.29. The van der Waals surface area contributed by atoms with Crippen LogP contribution in [0.4, 0.5) is 0 Å². The van der Waals surface area contributed by atoms with Crippen molar-refractivity contribution in [3.8, 4) is 11.8 Å². The summed E-state index contributed by atoms with van der Waals surface area (Å²) in [5.74, 6) is 5.36. The zero-order chi connectivity index (χ0) is 14.5. The number of pyridine rings is 1. The van der Waals surface area contributed by atoms with E-state index in [-0.39, 0.29) is 12.5 Å². The molecule has 0 spiro atoms. The zero-order valence-corrected chi connectivity index (χ0v) is 12.5. The lowest BCUT2D eigenvalue weighted by Crippen LogP contribution is -2.44. The number of amides is 1. The summed E-state index contributed by atoms with van der Waals surface area (Å²) >= 11 is 1.91. The molecule has 2 unspecified atom stereocenters. The van der Waals surface area contributed by atoms with Crippen molar-refractivity contribution in [3.63, 3.8) is 0 Å². The summed E-state index contributed by atoms with van der Waals surface area (Å²) in [7, 11) is 0. The maximum absolute atomic E-state index is 12.6. The van der Waals surface area contributed by atoms with E-state index in [1.165, 1.54) is 0 Å². The molecule has 0 bridgehead atoms. The van der Waals surface area contributed by atoms with Gasteiger partial charge in [-0.15, -0.1) is 0 Å². The van der Waals surface area contributed by atoms with Gasteiger partial charge in [0, 0.05) is 36.0 Å². The molecule has 1 aliphatic heterocycles. The number of aliphatic hydroxyl groups excluding tert-OH is 1. The average molecular weight is 290 g/mol. The number of nitrogens with zero attached hydrogens (tertiary/aromatic N) is 2. The minimum absolute atomic E-state index is 0.00589. The Hall–Kier alpha value is -1.51. The molecule has 106 valence electrons. The van der Waals surface area contributed by atoms with Crippen molar-refractivity contribution in [2.75, 3.05) is 19.7 Å². The number of rotatable bonds is 1. The summed E-state index contributed by atoms with van der Waals surface area (Å²) in [4.78, 5) is 18.5. The molecule has 2 heterocycles. The highest BCUT2D eigenvalue weighted by molar-refractivity contribution is 8.00. The fraction of sp³-hybridized carbons (Fsp3) is 0.467. The van der Waals surface area contributed by atoms with E-state index in [1.807, 2.05) is 16.7 Å². The lowest BCUT2D eigenvalue weighted by molar-refractivity contribution is 0.0753. The van der Waals surface area contributed by atoms with Crippen LogP contribution in [-0.2, 0) is 0 Å². The monoisotopic (exact) mass is 290 g/mol. The van der Waals surface area contributed by atoms with Gasteiger partial charge in [0.15, 0.2) is 0 Å². The van der Waals surface area contributed by atoms with Crippen LogP contribution >= 0.6 is 11.8 Å². The van der Waals surface area contributed by atoms with E-state index in [9.17, 15) is 4.79 Å². The molecule has 4 nitrogen and oxygen atoms in total. The Morgan fingerprint density at radius 3 is 2.85 bits per heavy atom. The highest BCUT2D eigenvalue weighted by Crippen LogP contribution is 2.26. The third kappa shape index (κ3) is 3.53. The lowest BCUT2D eigenvalue weighted by Gasteiger charge is -2.34. The maximum Gasteiger partial charge on any atom is 0.255 e. The molecule has 0 aromatic carbocycles. The minimum atomic E-state index is -0.225. The van der Waals surface area contributed by atoms with Crippen molar-refractivity contribution < 1.29 is 9.90 Å². The van der Waals surface area contributed by atoms with Gasteiger partial charge in [0.1, 0.15) is 6.61 Å². The van der Waals surface area contributed by atoms with Crippen LogP contribution in [0.2, 0.25) is 0 Å². The van der Waals surface area contributed by atoms with Crippen LogP contribution in [0, 0.1) is 11.8 Å². The Morgan fingerprint density at radius 1 is 1.50 bits per heavy atom. The third-order valence-electron chi connectivity index (χ3n) is 3.06. The number of thioether (sulfide) groups is 1. The molecule has 0 radical (unpaired) electrons. The van der Waals surface area contributed by atoms with Gasteiger partial charge < -0.3 is 10.0 Å². The molecule has 1 N–H and O–H groups in total. The van der Waals surface area contributed by atoms with Gasteiger partial charge in [-0.05, 0) is 6.07 Å². The van der Waals surface area contributed by atoms with Gasteiger partial charge in [0.05, 0.1) is 11.1 Å². The number of aromatic nitrogens is 1. The van der Waals surface area contributed by atoms with Crippen LogP contribution in [0.1, 0.15) is 29.8 Å². The molecule has 1 aromatic heterocycles. The normalized spacial score (nSPS) is 22.1. The van der Waals surface area contributed by atoms with Gasteiger partial charge in [-0.1, -0.05) is 25.7 Å². The predicted molar refractivity (Wildman–Crippen MR) is 80.6 cm³/mol. The first-order chi connectivity index (χ1) is 9.61. The first-order valence-electron chi connectivity index (χ1n) is 6.60. The first kappa shape index (κ1) is 14.9. The molecule has 1 aliphatic rings. The molecule has 0 aliphatic carbocycles. The van der Waals surface area contributed by atoms with E-state index >= 15 is 0 Å².